The third-order valence-corrected chi connectivity index (χ3v) is 3.38. The largest absolute Gasteiger partial charge is 0.493 e. The highest BCUT2D eigenvalue weighted by Gasteiger charge is 2.24. The average molecular weight is 274 g/mol. The molecule has 0 spiro atoms. The molecule has 0 aliphatic heterocycles. The van der Waals surface area contributed by atoms with Crippen LogP contribution in [0.5, 0.6) is 5.75 Å². The van der Waals surface area contributed by atoms with Crippen molar-refractivity contribution in [2.45, 2.75) is 26.8 Å². The summed E-state index contributed by atoms with van der Waals surface area (Å²) >= 11 is 0. The van der Waals surface area contributed by atoms with Gasteiger partial charge in [-0.1, -0.05) is 13.0 Å². The number of hydrogen-bond acceptors (Lipinski definition) is 4. The molecule has 2 aromatic rings. The first-order valence-electron chi connectivity index (χ1n) is 6.80. The van der Waals surface area contributed by atoms with E-state index in [-0.39, 0.29) is 6.04 Å². The summed E-state index contributed by atoms with van der Waals surface area (Å²) in [5.74, 6) is 0.778. The Morgan fingerprint density at radius 2 is 2.10 bits per heavy atom. The molecule has 0 saturated heterocycles. The molecule has 0 fully saturated rings. The molecule has 0 aliphatic carbocycles. The molecule has 5 heteroatoms. The Hall–Kier alpha value is -1.88. The Morgan fingerprint density at radius 1 is 1.35 bits per heavy atom. The number of pyridine rings is 1. The topological polar surface area (TPSA) is 52.0 Å². The smallest absolute Gasteiger partial charge is 0.161 e. The molecule has 0 aromatic carbocycles. The van der Waals surface area contributed by atoms with E-state index in [4.69, 9.17) is 4.74 Å². The predicted molar refractivity (Wildman–Crippen MR) is 79.0 cm³/mol. The van der Waals surface area contributed by atoms with Crippen LogP contribution in [0.15, 0.2) is 18.5 Å². The van der Waals surface area contributed by atoms with Crippen molar-refractivity contribution in [3.8, 4) is 5.75 Å². The number of aromatic nitrogens is 3. The number of aryl methyl sites for hydroxylation is 3. The summed E-state index contributed by atoms with van der Waals surface area (Å²) in [6.07, 6.45) is 3.64. The molecule has 5 nitrogen and oxygen atoms in total. The monoisotopic (exact) mass is 274 g/mol. The van der Waals surface area contributed by atoms with Crippen LogP contribution < -0.4 is 10.1 Å². The normalized spacial score (nSPS) is 12.4. The summed E-state index contributed by atoms with van der Waals surface area (Å²) in [6, 6.07) is 2.12. The van der Waals surface area contributed by atoms with Crippen LogP contribution in [0, 0.1) is 13.8 Å². The van der Waals surface area contributed by atoms with Crippen LogP contribution in [-0.2, 0) is 7.05 Å². The Balaban J connectivity index is 2.53. The summed E-state index contributed by atoms with van der Waals surface area (Å²) in [5.41, 5.74) is 4.34. The molecule has 1 atom stereocenters. The number of hydrogen-bond donors (Lipinski definition) is 1. The number of ether oxygens (including phenoxy) is 1. The van der Waals surface area contributed by atoms with E-state index in [1.807, 2.05) is 17.9 Å². The number of nitrogens with one attached hydrogen (secondary N) is 1. The molecule has 0 bridgehead atoms. The molecular formula is C15H22N4O. The van der Waals surface area contributed by atoms with Crippen molar-refractivity contribution in [1.29, 1.82) is 0 Å². The van der Waals surface area contributed by atoms with Gasteiger partial charge in [-0.3, -0.25) is 9.67 Å². The van der Waals surface area contributed by atoms with Gasteiger partial charge in [0.25, 0.3) is 0 Å². The minimum atomic E-state index is -0.0250. The molecule has 0 radical (unpaired) electrons. The van der Waals surface area contributed by atoms with Crippen LogP contribution in [0.3, 0.4) is 0 Å². The number of rotatable bonds is 5. The highest BCUT2D eigenvalue weighted by Crippen LogP contribution is 2.30. The van der Waals surface area contributed by atoms with Crippen LogP contribution in [0.25, 0.3) is 0 Å². The van der Waals surface area contributed by atoms with Crippen molar-refractivity contribution < 1.29 is 4.74 Å². The van der Waals surface area contributed by atoms with Gasteiger partial charge in [-0.15, -0.1) is 0 Å². The fraction of sp³-hybridized carbons (Fsp3) is 0.467. The first-order chi connectivity index (χ1) is 9.58. The molecule has 0 amide bonds. The summed E-state index contributed by atoms with van der Waals surface area (Å²) < 4.78 is 7.27. The van der Waals surface area contributed by atoms with Crippen molar-refractivity contribution in [2.75, 3.05) is 13.7 Å². The van der Waals surface area contributed by atoms with Gasteiger partial charge in [0.15, 0.2) is 5.75 Å². The molecule has 1 N–H and O–H groups in total. The van der Waals surface area contributed by atoms with Crippen LogP contribution in [-0.4, -0.2) is 28.4 Å². The Labute approximate surface area is 120 Å². The number of methoxy groups -OCH3 is 1. The molecular weight excluding hydrogens is 252 g/mol. The van der Waals surface area contributed by atoms with Gasteiger partial charge in [0.1, 0.15) is 5.69 Å². The maximum absolute atomic E-state index is 5.43. The highest BCUT2D eigenvalue weighted by molar-refractivity contribution is 5.37. The van der Waals surface area contributed by atoms with Gasteiger partial charge >= 0.3 is 0 Å². The molecule has 0 aliphatic rings. The van der Waals surface area contributed by atoms with E-state index in [0.29, 0.717) is 0 Å². The van der Waals surface area contributed by atoms with E-state index in [2.05, 4.69) is 42.2 Å². The van der Waals surface area contributed by atoms with Crippen molar-refractivity contribution >= 4 is 0 Å². The molecule has 2 rings (SSSR count). The van der Waals surface area contributed by atoms with E-state index in [0.717, 1.165) is 23.7 Å². The van der Waals surface area contributed by atoms with E-state index in [1.54, 1.807) is 13.3 Å². The average Bonchev–Trinajstić information content (AvgIpc) is 2.78. The SMILES string of the molecule is CCNC(c1ncc(C)cc1C)c1c(OC)cnn1C. The minimum Gasteiger partial charge on any atom is -0.493 e. The van der Waals surface area contributed by atoms with Gasteiger partial charge in [0.05, 0.1) is 25.0 Å². The standard InChI is InChI=1S/C15H22N4O/c1-6-16-14(13-11(3)7-10(2)8-17-13)15-12(20-5)9-18-19(15)4/h7-9,14,16H,6H2,1-5H3. The molecule has 2 aromatic heterocycles. The zero-order valence-electron chi connectivity index (χ0n) is 12.8. The fourth-order valence-electron chi connectivity index (χ4n) is 2.47. The van der Waals surface area contributed by atoms with Gasteiger partial charge < -0.3 is 10.1 Å². The van der Waals surface area contributed by atoms with E-state index in [1.165, 1.54) is 11.1 Å². The summed E-state index contributed by atoms with van der Waals surface area (Å²) in [4.78, 5) is 4.61. The second kappa shape index (κ2) is 6.05. The van der Waals surface area contributed by atoms with Crippen molar-refractivity contribution in [3.63, 3.8) is 0 Å². The fourth-order valence-corrected chi connectivity index (χ4v) is 2.47. The van der Waals surface area contributed by atoms with Crippen LogP contribution >= 0.6 is 0 Å². The molecule has 108 valence electrons. The van der Waals surface area contributed by atoms with Crippen molar-refractivity contribution in [1.82, 2.24) is 20.1 Å². The number of nitrogens with zero attached hydrogens (tertiary/aromatic N) is 3. The van der Waals surface area contributed by atoms with Crippen LogP contribution in [0.2, 0.25) is 0 Å². The maximum Gasteiger partial charge on any atom is 0.161 e. The second-order valence-corrected chi connectivity index (χ2v) is 4.93. The van der Waals surface area contributed by atoms with E-state index in [9.17, 15) is 0 Å². The van der Waals surface area contributed by atoms with Crippen LogP contribution in [0.1, 0.15) is 35.5 Å². The highest BCUT2D eigenvalue weighted by atomic mass is 16.5. The predicted octanol–water partition coefficient (Wildman–Crippen LogP) is 2.14. The lowest BCUT2D eigenvalue weighted by Gasteiger charge is -2.21. The lowest BCUT2D eigenvalue weighted by molar-refractivity contribution is 0.400. The summed E-state index contributed by atoms with van der Waals surface area (Å²) in [6.45, 7) is 7.06. The van der Waals surface area contributed by atoms with Gasteiger partial charge in [0, 0.05) is 13.2 Å². The Morgan fingerprint density at radius 3 is 2.70 bits per heavy atom. The zero-order valence-corrected chi connectivity index (χ0v) is 12.8. The van der Waals surface area contributed by atoms with Gasteiger partial charge in [-0.05, 0) is 31.5 Å². The van der Waals surface area contributed by atoms with Gasteiger partial charge in [-0.25, -0.2) is 0 Å². The van der Waals surface area contributed by atoms with E-state index < -0.39 is 0 Å². The molecule has 0 saturated carbocycles. The van der Waals surface area contributed by atoms with Crippen LogP contribution in [0.4, 0.5) is 0 Å². The minimum absolute atomic E-state index is 0.0250. The summed E-state index contributed by atoms with van der Waals surface area (Å²) in [5, 5.41) is 7.76. The quantitative estimate of drug-likeness (QED) is 0.907. The van der Waals surface area contributed by atoms with Crippen molar-refractivity contribution in [2.24, 2.45) is 7.05 Å². The van der Waals surface area contributed by atoms with E-state index >= 15 is 0 Å². The lowest BCUT2D eigenvalue weighted by atomic mass is 10.0. The molecule has 20 heavy (non-hydrogen) atoms. The Bertz CT molecular complexity index is 592. The van der Waals surface area contributed by atoms with Gasteiger partial charge in [-0.2, -0.15) is 5.10 Å². The molecule has 1 unspecified atom stereocenters. The zero-order chi connectivity index (χ0) is 14.7. The molecule has 2 heterocycles. The third kappa shape index (κ3) is 2.67. The second-order valence-electron chi connectivity index (χ2n) is 4.93. The summed E-state index contributed by atoms with van der Waals surface area (Å²) in [7, 11) is 3.59. The van der Waals surface area contributed by atoms with Crippen molar-refractivity contribution in [3.05, 3.63) is 41.0 Å². The first kappa shape index (κ1) is 14.5. The van der Waals surface area contributed by atoms with Gasteiger partial charge in [0.2, 0.25) is 0 Å². The first-order valence-corrected chi connectivity index (χ1v) is 6.80. The lowest BCUT2D eigenvalue weighted by Crippen LogP contribution is -2.26. The third-order valence-electron chi connectivity index (χ3n) is 3.38. The Kier molecular flexibility index (Phi) is 4.39. The maximum atomic E-state index is 5.43.